The lowest BCUT2D eigenvalue weighted by Crippen LogP contribution is -2.51. The van der Waals surface area contributed by atoms with Gasteiger partial charge in [-0.2, -0.15) is 0 Å². The molecule has 0 radical (unpaired) electrons. The molecule has 0 aliphatic rings. The molecule has 1 unspecified atom stereocenters. The highest BCUT2D eigenvalue weighted by molar-refractivity contribution is 5.88. The topological polar surface area (TPSA) is 58.6 Å². The Morgan fingerprint density at radius 2 is 1.43 bits per heavy atom. The smallest absolute Gasteiger partial charge is 0.243 e. The average Bonchev–Trinajstić information content (AvgIpc) is 2.89. The fourth-order valence-corrected chi connectivity index (χ4v) is 3.94. The first-order chi connectivity index (χ1) is 17.0. The zero-order valence-electron chi connectivity index (χ0n) is 20.9. The third kappa shape index (κ3) is 8.29. The Bertz CT molecular complexity index is 1050. The molecule has 0 aliphatic carbocycles. The number of rotatable bonds is 12. The number of carbonyl (C=O) groups excluding carboxylic acids is 2. The molecule has 3 rings (SSSR count). The van der Waals surface area contributed by atoms with Gasteiger partial charge in [-0.15, -0.1) is 0 Å². The van der Waals surface area contributed by atoms with Gasteiger partial charge in [0.25, 0.3) is 0 Å². The summed E-state index contributed by atoms with van der Waals surface area (Å²) in [6.45, 7) is 5.04. The van der Waals surface area contributed by atoms with E-state index >= 15 is 0 Å². The second-order valence-corrected chi connectivity index (χ2v) is 9.20. The Hall–Kier alpha value is -3.60. The summed E-state index contributed by atoms with van der Waals surface area (Å²) in [6, 6.07) is 26.9. The van der Waals surface area contributed by atoms with E-state index < -0.39 is 6.04 Å². The van der Waals surface area contributed by atoms with Gasteiger partial charge in [-0.1, -0.05) is 86.6 Å². The van der Waals surface area contributed by atoms with Crippen molar-refractivity contribution >= 4 is 11.8 Å². The van der Waals surface area contributed by atoms with Crippen LogP contribution in [0.15, 0.2) is 84.9 Å². The van der Waals surface area contributed by atoms with E-state index in [2.05, 4.69) is 19.2 Å². The lowest BCUT2D eigenvalue weighted by Gasteiger charge is -2.32. The van der Waals surface area contributed by atoms with Crippen LogP contribution in [0.3, 0.4) is 0 Å². The first-order valence-electron chi connectivity index (χ1n) is 12.2. The van der Waals surface area contributed by atoms with E-state index in [4.69, 9.17) is 4.74 Å². The molecule has 0 spiro atoms. The molecular formula is C30H36N2O3. The predicted octanol–water partition coefficient (Wildman–Crippen LogP) is 5.04. The Morgan fingerprint density at radius 1 is 0.829 bits per heavy atom. The molecule has 0 bridgehead atoms. The van der Waals surface area contributed by atoms with E-state index in [9.17, 15) is 9.59 Å². The molecule has 3 aromatic rings. The van der Waals surface area contributed by atoms with E-state index in [1.54, 1.807) is 12.0 Å². The van der Waals surface area contributed by atoms with E-state index in [0.717, 1.165) is 22.4 Å². The van der Waals surface area contributed by atoms with Crippen molar-refractivity contribution in [2.45, 2.75) is 45.7 Å². The summed E-state index contributed by atoms with van der Waals surface area (Å²) in [6.07, 6.45) is 1.42. The van der Waals surface area contributed by atoms with E-state index in [-0.39, 0.29) is 11.8 Å². The van der Waals surface area contributed by atoms with Crippen LogP contribution in [-0.4, -0.2) is 36.4 Å². The minimum absolute atomic E-state index is 0.0368. The predicted molar refractivity (Wildman–Crippen MR) is 140 cm³/mol. The molecule has 0 fully saturated rings. The largest absolute Gasteiger partial charge is 0.497 e. The zero-order chi connectivity index (χ0) is 25.0. The van der Waals surface area contributed by atoms with Gasteiger partial charge in [0.15, 0.2) is 0 Å². The molecular weight excluding hydrogens is 436 g/mol. The molecule has 0 saturated heterocycles. The quantitative estimate of drug-likeness (QED) is 0.402. The fraction of sp³-hybridized carbons (Fsp3) is 0.333. The van der Waals surface area contributed by atoms with Crippen LogP contribution in [0.25, 0.3) is 0 Å². The Labute approximate surface area is 209 Å². The maximum Gasteiger partial charge on any atom is 0.243 e. The highest BCUT2D eigenvalue weighted by atomic mass is 16.5. The first kappa shape index (κ1) is 26.0. The molecule has 184 valence electrons. The molecule has 5 nitrogen and oxygen atoms in total. The monoisotopic (exact) mass is 472 g/mol. The second-order valence-electron chi connectivity index (χ2n) is 9.20. The van der Waals surface area contributed by atoms with Crippen molar-refractivity contribution < 1.29 is 14.3 Å². The molecule has 1 atom stereocenters. The summed E-state index contributed by atoms with van der Waals surface area (Å²) in [5.74, 6) is 0.917. The van der Waals surface area contributed by atoms with Gasteiger partial charge in [0, 0.05) is 25.9 Å². The number of hydrogen-bond acceptors (Lipinski definition) is 3. The lowest BCUT2D eigenvalue weighted by molar-refractivity contribution is -0.141. The second kappa shape index (κ2) is 13.3. The third-order valence-corrected chi connectivity index (χ3v) is 5.94. The summed E-state index contributed by atoms with van der Waals surface area (Å²) in [5, 5.41) is 3.06. The maximum atomic E-state index is 13.6. The molecule has 0 saturated carbocycles. The maximum absolute atomic E-state index is 13.6. The van der Waals surface area contributed by atoms with E-state index in [0.29, 0.717) is 38.3 Å². The SMILES string of the molecule is COc1ccc(CN(C(=O)CCc2ccccc2)C(Cc2ccccc2)C(=O)NCC(C)C)cc1. The molecule has 0 heterocycles. The minimum atomic E-state index is -0.610. The summed E-state index contributed by atoms with van der Waals surface area (Å²) in [5.41, 5.74) is 3.08. The summed E-state index contributed by atoms with van der Waals surface area (Å²) >= 11 is 0. The van der Waals surface area contributed by atoms with E-state index in [1.807, 2.05) is 84.9 Å². The van der Waals surface area contributed by atoms with Gasteiger partial charge in [0.2, 0.25) is 11.8 Å². The van der Waals surface area contributed by atoms with E-state index in [1.165, 1.54) is 0 Å². The number of nitrogens with zero attached hydrogens (tertiary/aromatic N) is 1. The van der Waals surface area contributed by atoms with Crippen LogP contribution in [0.4, 0.5) is 0 Å². The highest BCUT2D eigenvalue weighted by Crippen LogP contribution is 2.19. The van der Waals surface area contributed by atoms with Crippen molar-refractivity contribution in [3.63, 3.8) is 0 Å². The number of benzene rings is 3. The number of methoxy groups -OCH3 is 1. The number of carbonyl (C=O) groups is 2. The average molecular weight is 473 g/mol. The Kier molecular flexibility index (Phi) is 9.91. The third-order valence-electron chi connectivity index (χ3n) is 5.94. The summed E-state index contributed by atoms with van der Waals surface area (Å²) in [4.78, 5) is 28.8. The van der Waals surface area contributed by atoms with Crippen LogP contribution in [0, 0.1) is 5.92 Å². The van der Waals surface area contributed by atoms with Gasteiger partial charge in [-0.3, -0.25) is 9.59 Å². The first-order valence-corrected chi connectivity index (χ1v) is 12.2. The number of amides is 2. The van der Waals surface area contributed by atoms with Crippen LogP contribution in [0.5, 0.6) is 5.75 Å². The fourth-order valence-electron chi connectivity index (χ4n) is 3.94. The molecule has 1 N–H and O–H groups in total. The zero-order valence-corrected chi connectivity index (χ0v) is 20.9. The molecule has 35 heavy (non-hydrogen) atoms. The molecule has 2 amide bonds. The standard InChI is InChI=1S/C30H36N2O3/c1-23(2)21-31-30(34)28(20-25-12-8-5-9-13-25)32(22-26-14-17-27(35-3)18-15-26)29(33)19-16-24-10-6-4-7-11-24/h4-15,17-18,23,28H,16,19-22H2,1-3H3,(H,31,34). The summed E-state index contributed by atoms with van der Waals surface area (Å²) < 4.78 is 5.28. The van der Waals surface area contributed by atoms with Crippen LogP contribution in [0.1, 0.15) is 37.0 Å². The Morgan fingerprint density at radius 3 is 2.00 bits per heavy atom. The van der Waals surface area contributed by atoms with Crippen molar-refractivity contribution in [3.8, 4) is 5.75 Å². The van der Waals surface area contributed by atoms with Crippen molar-refractivity contribution in [2.75, 3.05) is 13.7 Å². The molecule has 3 aromatic carbocycles. The van der Waals surface area contributed by atoms with Gasteiger partial charge in [-0.25, -0.2) is 0 Å². The van der Waals surface area contributed by atoms with Crippen molar-refractivity contribution in [1.29, 1.82) is 0 Å². The van der Waals surface area contributed by atoms with Gasteiger partial charge in [0.1, 0.15) is 11.8 Å². The van der Waals surface area contributed by atoms with Crippen LogP contribution >= 0.6 is 0 Å². The lowest BCUT2D eigenvalue weighted by atomic mass is 10.0. The van der Waals surface area contributed by atoms with Gasteiger partial charge >= 0.3 is 0 Å². The molecule has 5 heteroatoms. The van der Waals surface area contributed by atoms with Crippen molar-refractivity contribution in [2.24, 2.45) is 5.92 Å². The van der Waals surface area contributed by atoms with Crippen LogP contribution in [-0.2, 0) is 29.0 Å². The van der Waals surface area contributed by atoms with Crippen LogP contribution < -0.4 is 10.1 Å². The van der Waals surface area contributed by atoms with Crippen molar-refractivity contribution in [3.05, 3.63) is 102 Å². The molecule has 0 aliphatic heterocycles. The Balaban J connectivity index is 1.89. The van der Waals surface area contributed by atoms with Gasteiger partial charge in [-0.05, 0) is 41.2 Å². The number of nitrogens with one attached hydrogen (secondary N) is 1. The van der Waals surface area contributed by atoms with Crippen molar-refractivity contribution in [1.82, 2.24) is 10.2 Å². The minimum Gasteiger partial charge on any atom is -0.497 e. The summed E-state index contributed by atoms with van der Waals surface area (Å²) in [7, 11) is 1.63. The van der Waals surface area contributed by atoms with Gasteiger partial charge < -0.3 is 15.0 Å². The van der Waals surface area contributed by atoms with Gasteiger partial charge in [0.05, 0.1) is 7.11 Å². The normalized spacial score (nSPS) is 11.7. The highest BCUT2D eigenvalue weighted by Gasteiger charge is 2.30. The number of aryl methyl sites for hydroxylation is 1. The van der Waals surface area contributed by atoms with Crippen LogP contribution in [0.2, 0.25) is 0 Å². The number of hydrogen-bond donors (Lipinski definition) is 1. The molecule has 0 aromatic heterocycles. The number of ether oxygens (including phenoxy) is 1.